The number of aryl methyl sites for hydroxylation is 1. The Bertz CT molecular complexity index is 1610. The third kappa shape index (κ3) is 5.89. The molecule has 10 heteroatoms. The quantitative estimate of drug-likeness (QED) is 0.257. The summed E-state index contributed by atoms with van der Waals surface area (Å²) in [6.45, 7) is 13.1. The minimum Gasteiger partial charge on any atom is -0.479 e. The molecule has 0 amide bonds. The van der Waals surface area contributed by atoms with Gasteiger partial charge in [0.2, 0.25) is 0 Å². The number of thiazole rings is 1. The van der Waals surface area contributed by atoms with Crippen LogP contribution in [-0.2, 0) is 14.3 Å². The van der Waals surface area contributed by atoms with Gasteiger partial charge in [0.15, 0.2) is 6.10 Å². The molecule has 2 aliphatic rings. The zero-order valence-electron chi connectivity index (χ0n) is 24.3. The summed E-state index contributed by atoms with van der Waals surface area (Å²) < 4.78 is 12.4. The SMILES string of the molecule is Cc1cc2nc(-c3cncc(N4CCN(C5COC5)CC4)c3)sc2c(-c2ccc(Cl)cc2)c1[C@H](OC(C)(C)C)C(=O)O. The minimum absolute atomic E-state index is 0.553. The van der Waals surface area contributed by atoms with Crippen LogP contribution in [0.1, 0.15) is 38.0 Å². The Balaban J connectivity index is 1.41. The number of anilines is 1. The number of hydrogen-bond donors (Lipinski definition) is 1. The molecule has 0 aliphatic carbocycles. The van der Waals surface area contributed by atoms with Crippen LogP contribution in [0.15, 0.2) is 48.8 Å². The number of fused-ring (bicyclic) bond motifs is 1. The number of aromatic nitrogens is 2. The highest BCUT2D eigenvalue weighted by Crippen LogP contribution is 2.44. The van der Waals surface area contributed by atoms with E-state index in [0.29, 0.717) is 16.6 Å². The number of rotatable bonds is 7. The Labute approximate surface area is 254 Å². The molecule has 1 atom stereocenters. The highest BCUT2D eigenvalue weighted by atomic mass is 35.5. The van der Waals surface area contributed by atoms with Crippen LogP contribution in [0.3, 0.4) is 0 Å². The van der Waals surface area contributed by atoms with Gasteiger partial charge in [0, 0.05) is 54.1 Å². The molecule has 2 aliphatic heterocycles. The molecular weight excluding hydrogens is 572 g/mol. The van der Waals surface area contributed by atoms with Crippen molar-refractivity contribution in [1.82, 2.24) is 14.9 Å². The standard InChI is InChI=1S/C32H35ClN4O4S/c1-19-13-25-29(27(20-5-7-22(33)8-6-20)26(19)28(31(38)39)41-32(2,3)4)42-30(35-25)21-14-23(16-34-15-21)36-9-11-37(12-10-36)24-17-40-18-24/h5-8,13-16,24,28H,9-12,17-18H2,1-4H3,(H,38,39)/t28-/m0/s1. The smallest absolute Gasteiger partial charge is 0.337 e. The van der Waals surface area contributed by atoms with Crippen molar-refractivity contribution in [3.63, 3.8) is 0 Å². The lowest BCUT2D eigenvalue weighted by atomic mass is 9.91. The molecule has 4 aromatic rings. The van der Waals surface area contributed by atoms with Gasteiger partial charge in [-0.25, -0.2) is 9.78 Å². The normalized spacial score (nSPS) is 17.4. The number of hydrogen-bond acceptors (Lipinski definition) is 8. The summed E-state index contributed by atoms with van der Waals surface area (Å²) >= 11 is 7.78. The Morgan fingerprint density at radius 1 is 1.10 bits per heavy atom. The number of carboxylic acid groups (broad SMARTS) is 1. The van der Waals surface area contributed by atoms with Gasteiger partial charge >= 0.3 is 5.97 Å². The number of ether oxygens (including phenoxy) is 2. The summed E-state index contributed by atoms with van der Waals surface area (Å²) in [5.41, 5.74) is 5.27. The third-order valence-corrected chi connectivity index (χ3v) is 9.20. The number of nitrogens with zero attached hydrogens (tertiary/aromatic N) is 4. The summed E-state index contributed by atoms with van der Waals surface area (Å²) in [7, 11) is 0. The lowest BCUT2D eigenvalue weighted by Crippen LogP contribution is -2.56. The number of aliphatic carboxylic acids is 1. The van der Waals surface area contributed by atoms with Gasteiger partial charge in [-0.1, -0.05) is 23.7 Å². The maximum absolute atomic E-state index is 12.6. The Morgan fingerprint density at radius 2 is 1.81 bits per heavy atom. The Morgan fingerprint density at radius 3 is 2.43 bits per heavy atom. The summed E-state index contributed by atoms with van der Waals surface area (Å²) in [6.07, 6.45) is 2.62. The van der Waals surface area contributed by atoms with Crippen molar-refractivity contribution in [2.24, 2.45) is 0 Å². The van der Waals surface area contributed by atoms with E-state index in [9.17, 15) is 9.90 Å². The van der Waals surface area contributed by atoms with E-state index in [0.717, 1.165) is 82.6 Å². The number of carboxylic acids is 1. The second-order valence-corrected chi connectivity index (χ2v) is 13.4. The Kier molecular flexibility index (Phi) is 7.97. The monoisotopic (exact) mass is 606 g/mol. The molecule has 2 aromatic carbocycles. The molecule has 0 unspecified atom stereocenters. The number of halogens is 1. The predicted octanol–water partition coefficient (Wildman–Crippen LogP) is 6.45. The van der Waals surface area contributed by atoms with Gasteiger partial charge in [-0.15, -0.1) is 11.3 Å². The van der Waals surface area contributed by atoms with Crippen LogP contribution in [-0.4, -0.2) is 77.0 Å². The van der Waals surface area contributed by atoms with Crippen LogP contribution >= 0.6 is 22.9 Å². The van der Waals surface area contributed by atoms with Crippen LogP contribution in [0.2, 0.25) is 5.02 Å². The highest BCUT2D eigenvalue weighted by molar-refractivity contribution is 7.22. The molecule has 1 N–H and O–H groups in total. The van der Waals surface area contributed by atoms with Crippen molar-refractivity contribution in [3.8, 4) is 21.7 Å². The molecule has 6 rings (SSSR count). The van der Waals surface area contributed by atoms with E-state index < -0.39 is 17.7 Å². The number of benzene rings is 2. The van der Waals surface area contributed by atoms with Crippen LogP contribution in [0.25, 0.3) is 31.9 Å². The van der Waals surface area contributed by atoms with Gasteiger partial charge in [0.1, 0.15) is 5.01 Å². The van der Waals surface area contributed by atoms with Gasteiger partial charge in [-0.3, -0.25) is 9.88 Å². The molecule has 2 aromatic heterocycles. The topological polar surface area (TPSA) is 88.0 Å². The third-order valence-electron chi connectivity index (χ3n) is 7.81. The molecule has 8 nitrogen and oxygen atoms in total. The zero-order valence-corrected chi connectivity index (χ0v) is 25.8. The van der Waals surface area contributed by atoms with Gasteiger partial charge in [-0.05, 0) is 63.1 Å². The fourth-order valence-corrected chi connectivity index (χ4v) is 6.89. The largest absolute Gasteiger partial charge is 0.479 e. The maximum atomic E-state index is 12.6. The number of piperazine rings is 1. The van der Waals surface area contributed by atoms with Crippen LogP contribution < -0.4 is 4.90 Å². The number of pyridine rings is 1. The number of carbonyl (C=O) groups is 1. The molecule has 0 bridgehead atoms. The van der Waals surface area contributed by atoms with Crippen LogP contribution in [0.4, 0.5) is 5.69 Å². The fourth-order valence-electron chi connectivity index (χ4n) is 5.66. The van der Waals surface area contributed by atoms with E-state index in [2.05, 4.69) is 20.9 Å². The van der Waals surface area contributed by atoms with Crippen molar-refractivity contribution < 1.29 is 19.4 Å². The summed E-state index contributed by atoms with van der Waals surface area (Å²) in [4.78, 5) is 27.1. The lowest BCUT2D eigenvalue weighted by molar-refractivity contribution is -0.160. The van der Waals surface area contributed by atoms with Crippen molar-refractivity contribution in [3.05, 3.63) is 64.9 Å². The molecule has 2 fully saturated rings. The molecule has 0 saturated carbocycles. The van der Waals surface area contributed by atoms with Crippen molar-refractivity contribution in [2.75, 3.05) is 44.3 Å². The van der Waals surface area contributed by atoms with E-state index >= 15 is 0 Å². The van der Waals surface area contributed by atoms with E-state index in [1.165, 1.54) is 0 Å². The van der Waals surface area contributed by atoms with E-state index in [1.54, 1.807) is 11.3 Å². The van der Waals surface area contributed by atoms with Crippen LogP contribution in [0.5, 0.6) is 0 Å². The van der Waals surface area contributed by atoms with E-state index in [4.69, 9.17) is 26.1 Å². The molecular formula is C32H35ClN4O4S. The zero-order chi connectivity index (χ0) is 29.6. The van der Waals surface area contributed by atoms with Gasteiger partial charge in [0.25, 0.3) is 0 Å². The van der Waals surface area contributed by atoms with Gasteiger partial charge in [-0.2, -0.15) is 0 Å². The first-order chi connectivity index (χ1) is 20.1. The lowest BCUT2D eigenvalue weighted by Gasteiger charge is -2.43. The van der Waals surface area contributed by atoms with Crippen molar-refractivity contribution in [1.29, 1.82) is 0 Å². The molecule has 42 heavy (non-hydrogen) atoms. The fraction of sp³-hybridized carbons (Fsp3) is 0.406. The molecule has 0 radical (unpaired) electrons. The highest BCUT2D eigenvalue weighted by Gasteiger charge is 2.33. The first-order valence-corrected chi connectivity index (χ1v) is 15.4. The Hall–Kier alpha value is -3.08. The van der Waals surface area contributed by atoms with Crippen molar-refractivity contribution >= 4 is 44.8 Å². The first kappa shape index (κ1) is 29.0. The average Bonchev–Trinajstić information content (AvgIpc) is 3.34. The summed E-state index contributed by atoms with van der Waals surface area (Å²) in [5, 5.41) is 11.8. The second kappa shape index (κ2) is 11.5. The maximum Gasteiger partial charge on any atom is 0.337 e. The van der Waals surface area contributed by atoms with E-state index in [-0.39, 0.29) is 0 Å². The second-order valence-electron chi connectivity index (χ2n) is 12.0. The molecule has 2 saturated heterocycles. The minimum atomic E-state index is -1.15. The first-order valence-electron chi connectivity index (χ1n) is 14.2. The van der Waals surface area contributed by atoms with Gasteiger partial charge in [0.05, 0.1) is 47.0 Å². The summed E-state index contributed by atoms with van der Waals surface area (Å²) in [5.74, 6) is -1.03. The molecule has 220 valence electrons. The average molecular weight is 607 g/mol. The molecule has 4 heterocycles. The van der Waals surface area contributed by atoms with Gasteiger partial charge < -0.3 is 19.5 Å². The van der Waals surface area contributed by atoms with Crippen LogP contribution in [0, 0.1) is 6.92 Å². The van der Waals surface area contributed by atoms with Crippen molar-refractivity contribution in [2.45, 2.75) is 45.4 Å². The summed E-state index contributed by atoms with van der Waals surface area (Å²) in [6, 6.07) is 12.2. The predicted molar refractivity (Wildman–Crippen MR) is 168 cm³/mol. The molecule has 0 spiro atoms. The van der Waals surface area contributed by atoms with E-state index in [1.807, 2.05) is 70.4 Å².